The molecule has 0 radical (unpaired) electrons. The van der Waals surface area contributed by atoms with E-state index in [1.165, 1.54) is 25.7 Å². The molecule has 1 saturated carbocycles. The van der Waals surface area contributed by atoms with Crippen molar-refractivity contribution in [2.24, 2.45) is 5.92 Å². The third-order valence-electron chi connectivity index (χ3n) is 5.33. The average Bonchev–Trinajstić information content (AvgIpc) is 3.27. The highest BCUT2D eigenvalue weighted by Crippen LogP contribution is 2.30. The van der Waals surface area contributed by atoms with Crippen molar-refractivity contribution >= 4 is 16.8 Å². The first kappa shape index (κ1) is 15.4. The third kappa shape index (κ3) is 3.23. The Hall–Kier alpha value is -2.10. The topological polar surface area (TPSA) is 42.4 Å². The molecule has 4 rings (SSSR count). The smallest absolute Gasteiger partial charge is 0.222 e. The summed E-state index contributed by atoms with van der Waals surface area (Å²) in [6, 6.07) is 9.99. The minimum Gasteiger partial charge on any atom is -0.486 e. The van der Waals surface area contributed by atoms with Crippen LogP contribution in [-0.2, 0) is 4.79 Å². The van der Waals surface area contributed by atoms with Gasteiger partial charge in [0.15, 0.2) is 0 Å². The van der Waals surface area contributed by atoms with Gasteiger partial charge in [0.25, 0.3) is 0 Å². The van der Waals surface area contributed by atoms with Crippen molar-refractivity contribution in [3.8, 4) is 5.75 Å². The number of likely N-dealkylation sites (tertiary alicyclic amines) is 1. The molecule has 2 aliphatic rings. The molecule has 0 spiro atoms. The quantitative estimate of drug-likeness (QED) is 0.859. The van der Waals surface area contributed by atoms with Crippen LogP contribution in [-0.4, -0.2) is 35.0 Å². The highest BCUT2D eigenvalue weighted by atomic mass is 16.5. The highest BCUT2D eigenvalue weighted by Gasteiger charge is 2.29. The van der Waals surface area contributed by atoms with Crippen LogP contribution in [0.25, 0.3) is 10.9 Å². The molecule has 0 N–H and O–H groups in total. The predicted molar refractivity (Wildman–Crippen MR) is 93.9 cm³/mol. The van der Waals surface area contributed by atoms with Gasteiger partial charge in [0.05, 0.1) is 6.54 Å². The number of carbonyl (C=O) groups excluding carboxylic acids is 1. The van der Waals surface area contributed by atoms with E-state index in [1.54, 1.807) is 6.20 Å². The van der Waals surface area contributed by atoms with Crippen LogP contribution in [0.1, 0.15) is 38.5 Å². The predicted octanol–water partition coefficient (Wildman–Crippen LogP) is 3.79. The highest BCUT2D eigenvalue weighted by molar-refractivity contribution is 5.84. The van der Waals surface area contributed by atoms with Crippen LogP contribution < -0.4 is 4.74 Å². The first-order chi connectivity index (χ1) is 11.8. The summed E-state index contributed by atoms with van der Waals surface area (Å²) in [6.07, 6.45) is 8.52. The monoisotopic (exact) mass is 324 g/mol. The zero-order valence-corrected chi connectivity index (χ0v) is 14.0. The van der Waals surface area contributed by atoms with E-state index >= 15 is 0 Å². The largest absolute Gasteiger partial charge is 0.486 e. The third-order valence-corrected chi connectivity index (χ3v) is 5.33. The maximum absolute atomic E-state index is 12.5. The molecule has 24 heavy (non-hydrogen) atoms. The summed E-state index contributed by atoms with van der Waals surface area (Å²) in [5.74, 6) is 1.74. The number of nitrogens with zero attached hydrogens (tertiary/aromatic N) is 2. The Labute approximate surface area is 142 Å². The molecule has 2 heterocycles. The van der Waals surface area contributed by atoms with Gasteiger partial charge in [-0.2, -0.15) is 0 Å². The van der Waals surface area contributed by atoms with Gasteiger partial charge in [-0.05, 0) is 30.9 Å². The number of ether oxygens (including phenoxy) is 1. The van der Waals surface area contributed by atoms with Crippen molar-refractivity contribution < 1.29 is 9.53 Å². The summed E-state index contributed by atoms with van der Waals surface area (Å²) in [5.41, 5.74) is 0.899. The van der Waals surface area contributed by atoms with Gasteiger partial charge >= 0.3 is 0 Å². The van der Waals surface area contributed by atoms with Gasteiger partial charge in [0, 0.05) is 31.0 Å². The number of hydrogen-bond donors (Lipinski definition) is 0. The molecule has 126 valence electrons. The molecule has 2 aromatic rings. The number of benzene rings is 1. The van der Waals surface area contributed by atoms with Crippen LogP contribution in [0.4, 0.5) is 0 Å². The number of fused-ring (bicyclic) bond motifs is 1. The van der Waals surface area contributed by atoms with Crippen molar-refractivity contribution in [2.75, 3.05) is 13.1 Å². The second-order valence-corrected chi connectivity index (χ2v) is 7.05. The van der Waals surface area contributed by atoms with Crippen molar-refractivity contribution in [3.05, 3.63) is 36.5 Å². The molecule has 1 unspecified atom stereocenters. The molecule has 1 aromatic heterocycles. The van der Waals surface area contributed by atoms with E-state index in [0.29, 0.717) is 18.4 Å². The zero-order chi connectivity index (χ0) is 16.4. The lowest BCUT2D eigenvalue weighted by atomic mass is 10.0. The fourth-order valence-electron chi connectivity index (χ4n) is 3.99. The summed E-state index contributed by atoms with van der Waals surface area (Å²) in [5, 5.41) is 1.09. The standard InChI is InChI=1S/C20H24N2O2/c23-19(13-15-5-1-2-6-15)22-12-10-17(14-22)24-18-9-3-7-16-8-4-11-21-20(16)18/h3-4,7-9,11,15,17H,1-2,5-6,10,12-14H2. The molecular formula is C20H24N2O2. The molecular weight excluding hydrogens is 300 g/mol. The number of aromatic nitrogens is 1. The average molecular weight is 324 g/mol. The number of rotatable bonds is 4. The molecule has 1 amide bonds. The van der Waals surface area contributed by atoms with Crippen molar-refractivity contribution in [3.63, 3.8) is 0 Å². The van der Waals surface area contributed by atoms with Crippen molar-refractivity contribution in [1.29, 1.82) is 0 Å². The molecule has 1 aliphatic heterocycles. The maximum atomic E-state index is 12.5. The Balaban J connectivity index is 1.38. The van der Waals surface area contributed by atoms with Gasteiger partial charge in [-0.25, -0.2) is 0 Å². The first-order valence-corrected chi connectivity index (χ1v) is 9.08. The molecule has 0 bridgehead atoms. The van der Waals surface area contributed by atoms with Gasteiger partial charge in [-0.3, -0.25) is 9.78 Å². The van der Waals surface area contributed by atoms with E-state index in [0.717, 1.165) is 36.0 Å². The Bertz CT molecular complexity index is 719. The van der Waals surface area contributed by atoms with Gasteiger partial charge < -0.3 is 9.64 Å². The first-order valence-electron chi connectivity index (χ1n) is 9.08. The summed E-state index contributed by atoms with van der Waals surface area (Å²) in [4.78, 5) is 18.9. The van der Waals surface area contributed by atoms with Crippen LogP contribution in [0.15, 0.2) is 36.5 Å². The molecule has 1 aromatic carbocycles. The molecule has 4 heteroatoms. The van der Waals surface area contributed by atoms with Gasteiger partial charge in [-0.1, -0.05) is 31.0 Å². The number of carbonyl (C=O) groups is 1. The summed E-state index contributed by atoms with van der Waals surface area (Å²) >= 11 is 0. The lowest BCUT2D eigenvalue weighted by Crippen LogP contribution is -2.31. The van der Waals surface area contributed by atoms with E-state index in [1.807, 2.05) is 35.2 Å². The second-order valence-electron chi connectivity index (χ2n) is 7.05. The van der Waals surface area contributed by atoms with E-state index in [4.69, 9.17) is 4.74 Å². The van der Waals surface area contributed by atoms with Crippen LogP contribution in [0.2, 0.25) is 0 Å². The molecule has 1 saturated heterocycles. The lowest BCUT2D eigenvalue weighted by Gasteiger charge is -2.19. The van der Waals surface area contributed by atoms with Crippen molar-refractivity contribution in [2.45, 2.75) is 44.6 Å². The summed E-state index contributed by atoms with van der Waals surface area (Å²) < 4.78 is 6.18. The van der Waals surface area contributed by atoms with Crippen LogP contribution >= 0.6 is 0 Å². The van der Waals surface area contributed by atoms with Crippen LogP contribution in [0.5, 0.6) is 5.75 Å². The Morgan fingerprint density at radius 2 is 2.00 bits per heavy atom. The van der Waals surface area contributed by atoms with E-state index in [-0.39, 0.29) is 6.10 Å². The maximum Gasteiger partial charge on any atom is 0.222 e. The number of pyridine rings is 1. The minimum absolute atomic E-state index is 0.0742. The summed E-state index contributed by atoms with van der Waals surface area (Å²) in [7, 11) is 0. The van der Waals surface area contributed by atoms with Crippen LogP contribution in [0.3, 0.4) is 0 Å². The fourth-order valence-corrected chi connectivity index (χ4v) is 3.99. The number of para-hydroxylation sites is 1. The molecule has 4 nitrogen and oxygen atoms in total. The minimum atomic E-state index is 0.0742. The van der Waals surface area contributed by atoms with E-state index in [2.05, 4.69) is 4.98 Å². The molecule has 1 aliphatic carbocycles. The normalized spacial score (nSPS) is 21.5. The Morgan fingerprint density at radius 3 is 2.88 bits per heavy atom. The number of amides is 1. The Morgan fingerprint density at radius 1 is 1.17 bits per heavy atom. The SMILES string of the molecule is O=C(CC1CCCC1)N1CCC(Oc2cccc3cccnc23)C1. The van der Waals surface area contributed by atoms with Gasteiger partial charge in [0.1, 0.15) is 17.4 Å². The van der Waals surface area contributed by atoms with E-state index < -0.39 is 0 Å². The zero-order valence-electron chi connectivity index (χ0n) is 14.0. The fraction of sp³-hybridized carbons (Fsp3) is 0.500. The van der Waals surface area contributed by atoms with Gasteiger partial charge in [-0.15, -0.1) is 0 Å². The molecule has 2 fully saturated rings. The number of hydrogen-bond acceptors (Lipinski definition) is 3. The van der Waals surface area contributed by atoms with Crippen LogP contribution in [0, 0.1) is 5.92 Å². The Kier molecular flexibility index (Phi) is 4.37. The summed E-state index contributed by atoms with van der Waals surface area (Å²) in [6.45, 7) is 1.52. The second kappa shape index (κ2) is 6.80. The van der Waals surface area contributed by atoms with Gasteiger partial charge in [0.2, 0.25) is 5.91 Å². The van der Waals surface area contributed by atoms with Crippen molar-refractivity contribution in [1.82, 2.24) is 9.88 Å². The van der Waals surface area contributed by atoms with E-state index in [9.17, 15) is 4.79 Å². The lowest BCUT2D eigenvalue weighted by molar-refractivity contribution is -0.131. The molecule has 1 atom stereocenters.